The Labute approximate surface area is 160 Å². The van der Waals surface area contributed by atoms with Crippen LogP contribution in [-0.2, 0) is 14.8 Å². The van der Waals surface area contributed by atoms with Crippen LogP contribution in [0.15, 0.2) is 36.4 Å². The molecule has 3 rings (SSSR count). The first-order valence-corrected chi connectivity index (χ1v) is 9.99. The second kappa shape index (κ2) is 6.90. The molecule has 1 heterocycles. The molecule has 6 nitrogen and oxygen atoms in total. The zero-order chi connectivity index (χ0) is 19.1. The molecule has 2 amide bonds. The minimum atomic E-state index is -3.78. The van der Waals surface area contributed by atoms with E-state index in [1.165, 1.54) is 18.2 Å². The molecule has 26 heavy (non-hydrogen) atoms. The molecular weight excluding hydrogens is 399 g/mol. The van der Waals surface area contributed by atoms with Crippen LogP contribution >= 0.6 is 23.2 Å². The summed E-state index contributed by atoms with van der Waals surface area (Å²) in [5.74, 6) is -1.33. The molecule has 0 aliphatic carbocycles. The molecular formula is C17H14Cl2N2O4S. The van der Waals surface area contributed by atoms with E-state index in [1.807, 2.05) is 0 Å². The third kappa shape index (κ3) is 3.42. The topological polar surface area (TPSA) is 83.6 Å². The number of hydrogen-bond donors (Lipinski definition) is 1. The number of benzene rings is 2. The van der Waals surface area contributed by atoms with Gasteiger partial charge in [0.25, 0.3) is 5.91 Å². The van der Waals surface area contributed by atoms with E-state index in [0.717, 1.165) is 0 Å². The molecule has 0 atom stereocenters. The lowest BCUT2D eigenvalue weighted by atomic mass is 10.1. The Bertz CT molecular complexity index is 1020. The van der Waals surface area contributed by atoms with Crippen molar-refractivity contribution in [2.75, 3.05) is 15.4 Å². The minimum absolute atomic E-state index is 0.0235. The smallest absolute Gasteiger partial charge is 0.255 e. The fourth-order valence-corrected chi connectivity index (χ4v) is 4.49. The van der Waals surface area contributed by atoms with E-state index < -0.39 is 21.8 Å². The van der Waals surface area contributed by atoms with Gasteiger partial charge in [-0.15, -0.1) is 0 Å². The molecule has 1 aliphatic rings. The molecule has 2 aromatic rings. The molecule has 0 spiro atoms. The number of halogens is 2. The molecule has 0 radical (unpaired) electrons. The summed E-state index contributed by atoms with van der Waals surface area (Å²) in [7, 11) is -3.78. The molecule has 1 saturated heterocycles. The van der Waals surface area contributed by atoms with Crippen LogP contribution in [-0.4, -0.2) is 26.0 Å². The summed E-state index contributed by atoms with van der Waals surface area (Å²) in [6.45, 7) is 1.76. The van der Waals surface area contributed by atoms with Gasteiger partial charge >= 0.3 is 0 Å². The highest BCUT2D eigenvalue weighted by Gasteiger charge is 2.37. The van der Waals surface area contributed by atoms with E-state index in [-0.39, 0.29) is 28.4 Å². The van der Waals surface area contributed by atoms with Crippen LogP contribution < -0.4 is 9.62 Å². The van der Waals surface area contributed by atoms with E-state index in [2.05, 4.69) is 5.32 Å². The van der Waals surface area contributed by atoms with E-state index in [1.54, 1.807) is 25.1 Å². The molecule has 2 aromatic carbocycles. The first-order valence-electron chi connectivity index (χ1n) is 7.62. The van der Waals surface area contributed by atoms with Crippen molar-refractivity contribution in [2.24, 2.45) is 0 Å². The first kappa shape index (κ1) is 18.7. The number of sulfonamides is 1. The van der Waals surface area contributed by atoms with Crippen LogP contribution in [0.5, 0.6) is 0 Å². The molecule has 0 bridgehead atoms. The second-order valence-corrected chi connectivity index (χ2v) is 8.51. The quantitative estimate of drug-likeness (QED) is 0.833. The van der Waals surface area contributed by atoms with Crippen LogP contribution in [0.25, 0.3) is 0 Å². The van der Waals surface area contributed by atoms with Crippen molar-refractivity contribution in [2.45, 2.75) is 13.3 Å². The maximum absolute atomic E-state index is 12.5. The molecule has 136 valence electrons. The average molecular weight is 413 g/mol. The minimum Gasteiger partial charge on any atom is -0.322 e. The summed E-state index contributed by atoms with van der Waals surface area (Å²) in [4.78, 5) is 24.5. The third-order valence-corrected chi connectivity index (χ3v) is 6.43. The monoisotopic (exact) mass is 412 g/mol. The Morgan fingerprint density at radius 1 is 1.15 bits per heavy atom. The van der Waals surface area contributed by atoms with E-state index in [0.29, 0.717) is 20.6 Å². The Morgan fingerprint density at radius 2 is 1.88 bits per heavy atom. The van der Waals surface area contributed by atoms with E-state index in [4.69, 9.17) is 23.2 Å². The highest BCUT2D eigenvalue weighted by Crippen LogP contribution is 2.33. The predicted octanol–water partition coefficient (Wildman–Crippen LogP) is 3.62. The summed E-state index contributed by atoms with van der Waals surface area (Å²) >= 11 is 12.1. The normalized spacial score (nSPS) is 16.0. The van der Waals surface area contributed by atoms with Gasteiger partial charge in [0.05, 0.1) is 16.5 Å². The summed E-state index contributed by atoms with van der Waals surface area (Å²) in [5, 5.41) is 3.29. The molecule has 9 heteroatoms. The molecule has 0 unspecified atom stereocenters. The number of nitrogens with one attached hydrogen (secondary N) is 1. The number of rotatable bonds is 3. The lowest BCUT2D eigenvalue weighted by molar-refractivity contribution is -0.116. The molecule has 1 fully saturated rings. The lowest BCUT2D eigenvalue weighted by Gasteiger charge is -2.17. The van der Waals surface area contributed by atoms with Crippen LogP contribution in [0.1, 0.15) is 22.3 Å². The number of carbonyl (C=O) groups is 2. The zero-order valence-electron chi connectivity index (χ0n) is 13.6. The van der Waals surface area contributed by atoms with E-state index in [9.17, 15) is 18.0 Å². The summed E-state index contributed by atoms with van der Waals surface area (Å²) < 4.78 is 24.9. The first-order chi connectivity index (χ1) is 12.2. The fourth-order valence-electron chi connectivity index (χ4n) is 2.60. The standard InChI is InChI=1S/C17H14Cl2N2O4S/c1-10-12(18)3-2-4-14(10)20-17(23)11-5-6-13(19)15(9-11)21-16(22)7-8-26(21,24)25/h2-6,9H,7-8H2,1H3,(H,20,23). The number of hydrogen-bond acceptors (Lipinski definition) is 4. The van der Waals surface area contributed by atoms with Crippen molar-refractivity contribution >= 4 is 56.4 Å². The van der Waals surface area contributed by atoms with Crippen LogP contribution in [0, 0.1) is 6.92 Å². The second-order valence-electron chi connectivity index (χ2n) is 5.76. The molecule has 1 aliphatic heterocycles. The Balaban J connectivity index is 1.96. The molecule has 1 N–H and O–H groups in total. The van der Waals surface area contributed by atoms with Crippen LogP contribution in [0.3, 0.4) is 0 Å². The number of amides is 2. The predicted molar refractivity (Wildman–Crippen MR) is 101 cm³/mol. The Hall–Kier alpha value is -2.09. The van der Waals surface area contributed by atoms with Gasteiger partial charge < -0.3 is 5.32 Å². The van der Waals surface area contributed by atoms with Gasteiger partial charge in [0.2, 0.25) is 15.9 Å². The Kier molecular flexibility index (Phi) is 4.96. The third-order valence-electron chi connectivity index (χ3n) is 4.02. The van der Waals surface area contributed by atoms with Crippen molar-refractivity contribution < 1.29 is 18.0 Å². The molecule has 0 saturated carbocycles. The van der Waals surface area contributed by atoms with Crippen LogP contribution in [0.2, 0.25) is 10.0 Å². The van der Waals surface area contributed by atoms with Crippen molar-refractivity contribution in [3.05, 3.63) is 57.6 Å². The average Bonchev–Trinajstić information content (AvgIpc) is 2.85. The Morgan fingerprint density at radius 3 is 2.54 bits per heavy atom. The van der Waals surface area contributed by atoms with E-state index >= 15 is 0 Å². The van der Waals surface area contributed by atoms with Gasteiger partial charge in [0.1, 0.15) is 0 Å². The maximum atomic E-state index is 12.5. The van der Waals surface area contributed by atoms with Crippen molar-refractivity contribution in [1.82, 2.24) is 0 Å². The van der Waals surface area contributed by atoms with Crippen molar-refractivity contribution in [1.29, 1.82) is 0 Å². The van der Waals surface area contributed by atoms with Gasteiger partial charge in [-0.05, 0) is 42.8 Å². The maximum Gasteiger partial charge on any atom is 0.255 e. The zero-order valence-corrected chi connectivity index (χ0v) is 16.0. The van der Waals surface area contributed by atoms with Gasteiger partial charge in [-0.25, -0.2) is 12.7 Å². The van der Waals surface area contributed by atoms with Crippen molar-refractivity contribution in [3.63, 3.8) is 0 Å². The van der Waals surface area contributed by atoms with Gasteiger partial charge in [-0.2, -0.15) is 0 Å². The van der Waals surface area contributed by atoms with Gasteiger partial charge in [0, 0.05) is 22.7 Å². The SMILES string of the molecule is Cc1c(Cl)cccc1NC(=O)c1ccc(Cl)c(N2C(=O)CCS2(=O)=O)c1. The fraction of sp³-hybridized carbons (Fsp3) is 0.176. The van der Waals surface area contributed by atoms with Gasteiger partial charge in [-0.1, -0.05) is 29.3 Å². The van der Waals surface area contributed by atoms with Crippen molar-refractivity contribution in [3.8, 4) is 0 Å². The summed E-state index contributed by atoms with van der Waals surface area (Å²) in [6.07, 6.45) is -0.114. The number of nitrogens with zero attached hydrogens (tertiary/aromatic N) is 1. The lowest BCUT2D eigenvalue weighted by Crippen LogP contribution is -2.30. The highest BCUT2D eigenvalue weighted by molar-refractivity contribution is 7.94. The van der Waals surface area contributed by atoms with Gasteiger partial charge in [-0.3, -0.25) is 9.59 Å². The largest absolute Gasteiger partial charge is 0.322 e. The highest BCUT2D eigenvalue weighted by atomic mass is 35.5. The number of carbonyl (C=O) groups excluding carboxylic acids is 2. The van der Waals surface area contributed by atoms with Crippen LogP contribution in [0.4, 0.5) is 11.4 Å². The van der Waals surface area contributed by atoms with Gasteiger partial charge in [0.15, 0.2) is 0 Å². The number of anilines is 2. The summed E-state index contributed by atoms with van der Waals surface area (Å²) in [6, 6.07) is 9.24. The summed E-state index contributed by atoms with van der Waals surface area (Å²) in [5.41, 5.74) is 1.38. The molecule has 0 aromatic heterocycles.